The molecular weight excluding hydrogens is 232 g/mol. The van der Waals surface area contributed by atoms with E-state index < -0.39 is 0 Å². The molecule has 0 fully saturated rings. The maximum atomic E-state index is 11.6. The second kappa shape index (κ2) is 7.84. The van der Waals surface area contributed by atoms with Gasteiger partial charge in [0, 0.05) is 25.8 Å². The lowest BCUT2D eigenvalue weighted by Crippen LogP contribution is -2.16. The van der Waals surface area contributed by atoms with Crippen molar-refractivity contribution in [1.82, 2.24) is 9.78 Å². The van der Waals surface area contributed by atoms with Crippen molar-refractivity contribution < 1.29 is 9.53 Å². The van der Waals surface area contributed by atoms with Gasteiger partial charge in [0.05, 0.1) is 25.0 Å². The molecule has 0 bridgehead atoms. The normalized spacial score (nSPS) is 12.4. The van der Waals surface area contributed by atoms with Gasteiger partial charge in [-0.1, -0.05) is 0 Å². The van der Waals surface area contributed by atoms with Gasteiger partial charge in [-0.2, -0.15) is 5.10 Å². The second-order valence-electron chi connectivity index (χ2n) is 4.40. The summed E-state index contributed by atoms with van der Waals surface area (Å²) in [5.41, 5.74) is 6.34. The molecule has 6 heteroatoms. The summed E-state index contributed by atoms with van der Waals surface area (Å²) < 4.78 is 6.69. The van der Waals surface area contributed by atoms with Crippen LogP contribution in [0.25, 0.3) is 0 Å². The summed E-state index contributed by atoms with van der Waals surface area (Å²) in [7, 11) is 1.64. The van der Waals surface area contributed by atoms with E-state index in [-0.39, 0.29) is 11.9 Å². The van der Waals surface area contributed by atoms with E-state index in [2.05, 4.69) is 10.4 Å². The number of nitrogens with two attached hydrogens (primary N) is 1. The molecule has 102 valence electrons. The highest BCUT2D eigenvalue weighted by atomic mass is 16.5. The molecule has 1 aromatic heterocycles. The Labute approximate surface area is 107 Å². The lowest BCUT2D eigenvalue weighted by atomic mass is 10.1. The third-order valence-electron chi connectivity index (χ3n) is 2.50. The monoisotopic (exact) mass is 254 g/mol. The second-order valence-corrected chi connectivity index (χ2v) is 4.40. The zero-order valence-electron chi connectivity index (χ0n) is 11.1. The lowest BCUT2D eigenvalue weighted by Gasteiger charge is -2.04. The molecule has 1 amide bonds. The zero-order valence-corrected chi connectivity index (χ0v) is 11.1. The largest absolute Gasteiger partial charge is 0.383 e. The van der Waals surface area contributed by atoms with Crippen molar-refractivity contribution in [2.24, 2.45) is 5.73 Å². The van der Waals surface area contributed by atoms with Gasteiger partial charge in [-0.15, -0.1) is 0 Å². The molecule has 3 N–H and O–H groups in total. The Hall–Kier alpha value is -1.40. The molecule has 0 aliphatic carbocycles. The Bertz CT molecular complexity index is 363. The quantitative estimate of drug-likeness (QED) is 0.724. The van der Waals surface area contributed by atoms with E-state index in [1.165, 1.54) is 0 Å². The van der Waals surface area contributed by atoms with Crippen molar-refractivity contribution in [2.75, 3.05) is 19.0 Å². The van der Waals surface area contributed by atoms with Gasteiger partial charge in [-0.25, -0.2) is 0 Å². The first kappa shape index (κ1) is 14.7. The topological polar surface area (TPSA) is 82.2 Å². The van der Waals surface area contributed by atoms with Crippen molar-refractivity contribution in [2.45, 2.75) is 38.8 Å². The van der Waals surface area contributed by atoms with Crippen LogP contribution in [0.1, 0.15) is 26.2 Å². The fraction of sp³-hybridized carbons (Fsp3) is 0.667. The van der Waals surface area contributed by atoms with Crippen LogP contribution in [0.4, 0.5) is 5.69 Å². The van der Waals surface area contributed by atoms with Crippen molar-refractivity contribution >= 4 is 11.6 Å². The summed E-state index contributed by atoms with van der Waals surface area (Å²) in [5, 5.41) is 6.93. The minimum Gasteiger partial charge on any atom is -0.383 e. The van der Waals surface area contributed by atoms with Crippen LogP contribution in [0.3, 0.4) is 0 Å². The number of methoxy groups -OCH3 is 1. The van der Waals surface area contributed by atoms with E-state index in [1.807, 2.05) is 6.92 Å². The molecule has 1 unspecified atom stereocenters. The first-order chi connectivity index (χ1) is 8.61. The van der Waals surface area contributed by atoms with E-state index >= 15 is 0 Å². The molecule has 1 heterocycles. The molecule has 1 rings (SSSR count). The fourth-order valence-corrected chi connectivity index (χ4v) is 1.54. The van der Waals surface area contributed by atoms with Gasteiger partial charge < -0.3 is 15.8 Å². The number of carbonyl (C=O) groups excluding carboxylic acids is 1. The van der Waals surface area contributed by atoms with Crippen LogP contribution < -0.4 is 11.1 Å². The van der Waals surface area contributed by atoms with Crippen LogP contribution in [0.5, 0.6) is 0 Å². The van der Waals surface area contributed by atoms with Gasteiger partial charge in [0.15, 0.2) is 0 Å². The summed E-state index contributed by atoms with van der Waals surface area (Å²) in [6, 6.07) is 0.148. The third kappa shape index (κ3) is 5.79. The Kier molecular flexibility index (Phi) is 6.38. The van der Waals surface area contributed by atoms with Crippen LogP contribution in [-0.2, 0) is 16.1 Å². The van der Waals surface area contributed by atoms with Crippen LogP contribution in [0, 0.1) is 0 Å². The van der Waals surface area contributed by atoms with E-state index in [4.69, 9.17) is 10.5 Å². The number of ether oxygens (including phenoxy) is 1. The standard InChI is InChI=1S/C12H22N4O2/c1-10(13)4-3-5-12(17)15-11-8-14-16(9-11)6-7-18-2/h8-10H,3-7,13H2,1-2H3,(H,15,17). The van der Waals surface area contributed by atoms with E-state index in [1.54, 1.807) is 24.2 Å². The van der Waals surface area contributed by atoms with Gasteiger partial charge in [-0.3, -0.25) is 9.48 Å². The lowest BCUT2D eigenvalue weighted by molar-refractivity contribution is -0.116. The molecule has 6 nitrogen and oxygen atoms in total. The fourth-order valence-electron chi connectivity index (χ4n) is 1.54. The molecule has 0 aliphatic rings. The van der Waals surface area contributed by atoms with E-state index in [0.29, 0.717) is 19.6 Å². The molecular formula is C12H22N4O2. The molecule has 0 aromatic carbocycles. The Morgan fingerprint density at radius 2 is 2.44 bits per heavy atom. The van der Waals surface area contributed by atoms with Crippen molar-refractivity contribution in [3.63, 3.8) is 0 Å². The van der Waals surface area contributed by atoms with Crippen molar-refractivity contribution in [3.05, 3.63) is 12.4 Å². The minimum absolute atomic E-state index is 0.00180. The average molecular weight is 254 g/mol. The number of aromatic nitrogens is 2. The van der Waals surface area contributed by atoms with E-state index in [0.717, 1.165) is 18.5 Å². The number of carbonyl (C=O) groups is 1. The van der Waals surface area contributed by atoms with Gasteiger partial charge >= 0.3 is 0 Å². The Balaban J connectivity index is 2.28. The first-order valence-electron chi connectivity index (χ1n) is 6.18. The number of hydrogen-bond donors (Lipinski definition) is 2. The van der Waals surface area contributed by atoms with Gasteiger partial charge in [0.2, 0.25) is 5.91 Å². The average Bonchev–Trinajstić information content (AvgIpc) is 2.73. The minimum atomic E-state index is 0.00180. The smallest absolute Gasteiger partial charge is 0.224 e. The third-order valence-corrected chi connectivity index (χ3v) is 2.50. The van der Waals surface area contributed by atoms with Crippen LogP contribution in [-0.4, -0.2) is 35.4 Å². The number of hydrogen-bond acceptors (Lipinski definition) is 4. The maximum Gasteiger partial charge on any atom is 0.224 e. The summed E-state index contributed by atoms with van der Waals surface area (Å²) in [6.45, 7) is 3.22. The van der Waals surface area contributed by atoms with Crippen LogP contribution >= 0.6 is 0 Å². The molecule has 0 radical (unpaired) electrons. The van der Waals surface area contributed by atoms with Crippen molar-refractivity contribution in [1.29, 1.82) is 0 Å². The molecule has 18 heavy (non-hydrogen) atoms. The molecule has 1 atom stereocenters. The Morgan fingerprint density at radius 3 is 3.11 bits per heavy atom. The van der Waals surface area contributed by atoms with Crippen LogP contribution in [0.2, 0.25) is 0 Å². The molecule has 0 saturated heterocycles. The summed E-state index contributed by atoms with van der Waals surface area (Å²) in [5.74, 6) is 0.00180. The molecule has 1 aromatic rings. The Morgan fingerprint density at radius 1 is 1.67 bits per heavy atom. The van der Waals surface area contributed by atoms with Gasteiger partial charge in [-0.05, 0) is 19.8 Å². The molecule has 0 aliphatic heterocycles. The van der Waals surface area contributed by atoms with Crippen LogP contribution in [0.15, 0.2) is 12.4 Å². The predicted molar refractivity (Wildman–Crippen MR) is 70.2 cm³/mol. The first-order valence-corrected chi connectivity index (χ1v) is 6.18. The number of rotatable bonds is 8. The maximum absolute atomic E-state index is 11.6. The van der Waals surface area contributed by atoms with Crippen molar-refractivity contribution in [3.8, 4) is 0 Å². The highest BCUT2D eigenvalue weighted by Crippen LogP contribution is 2.07. The summed E-state index contributed by atoms with van der Waals surface area (Å²) >= 11 is 0. The van der Waals surface area contributed by atoms with Gasteiger partial charge in [0.1, 0.15) is 0 Å². The number of anilines is 1. The number of nitrogens with one attached hydrogen (secondary N) is 1. The SMILES string of the molecule is COCCn1cc(NC(=O)CCCC(C)N)cn1. The van der Waals surface area contributed by atoms with Gasteiger partial charge in [0.25, 0.3) is 0 Å². The summed E-state index contributed by atoms with van der Waals surface area (Å²) in [4.78, 5) is 11.6. The number of nitrogens with zero attached hydrogens (tertiary/aromatic N) is 2. The predicted octanol–water partition coefficient (Wildman–Crippen LogP) is 0.985. The van der Waals surface area contributed by atoms with E-state index in [9.17, 15) is 4.79 Å². The summed E-state index contributed by atoms with van der Waals surface area (Å²) in [6.07, 6.45) is 5.59. The molecule has 0 spiro atoms. The number of amides is 1. The molecule has 0 saturated carbocycles. The highest BCUT2D eigenvalue weighted by Gasteiger charge is 2.05. The highest BCUT2D eigenvalue weighted by molar-refractivity contribution is 5.90. The zero-order chi connectivity index (χ0) is 13.4.